The number of aryl methyl sites for hydroxylation is 1. The minimum atomic E-state index is -0.775. The third-order valence-electron chi connectivity index (χ3n) is 9.56. The first-order valence-corrected chi connectivity index (χ1v) is 17.8. The van der Waals surface area contributed by atoms with Crippen LogP contribution in [0, 0.1) is 5.92 Å². The summed E-state index contributed by atoms with van der Waals surface area (Å²) in [4.78, 5) is 48.9. The molecule has 10 heteroatoms. The van der Waals surface area contributed by atoms with E-state index in [-0.39, 0.29) is 48.9 Å². The fourth-order valence-electron chi connectivity index (χ4n) is 6.77. The molecule has 264 valence electrons. The van der Waals surface area contributed by atoms with E-state index in [0.29, 0.717) is 48.5 Å². The molecule has 1 fully saturated rings. The number of nitrogens with one attached hydrogen (secondary N) is 1. The summed E-state index contributed by atoms with van der Waals surface area (Å²) in [6, 6.07) is 31.0. The number of rotatable bonds is 16. The number of carbonyl (C=O) groups excluding carboxylic acids is 3. The number of likely N-dealkylation sites (N-methyl/N-ethyl adjacent to an activating group) is 1. The number of hydrogen-bond donors (Lipinski definition) is 2. The maximum absolute atomic E-state index is 14.4. The first-order valence-electron chi connectivity index (χ1n) is 17.4. The first kappa shape index (κ1) is 36.1. The molecule has 0 saturated carbocycles. The number of likely N-dealkylation sites (tertiary alicyclic amines) is 1. The van der Waals surface area contributed by atoms with Crippen molar-refractivity contribution in [3.63, 3.8) is 0 Å². The second-order valence-electron chi connectivity index (χ2n) is 13.1. The number of oxazole rings is 1. The van der Waals surface area contributed by atoms with Gasteiger partial charge < -0.3 is 25.1 Å². The number of halogens is 1. The number of nitrogens with two attached hydrogens (primary N) is 1. The van der Waals surface area contributed by atoms with Crippen molar-refractivity contribution in [1.82, 2.24) is 15.2 Å². The van der Waals surface area contributed by atoms with Gasteiger partial charge in [-0.15, -0.1) is 0 Å². The number of fused-ring (bicyclic) bond motifs is 1. The number of ketones is 2. The second kappa shape index (κ2) is 17.0. The minimum absolute atomic E-state index is 0.0383. The molecular formula is C41H43ClN4O5. The number of hydrogen-bond acceptors (Lipinski definition) is 8. The third-order valence-corrected chi connectivity index (χ3v) is 9.81. The molecule has 5 aromatic rings. The van der Waals surface area contributed by atoms with E-state index in [1.165, 1.54) is 0 Å². The molecule has 0 aliphatic carbocycles. The highest BCUT2D eigenvalue weighted by molar-refractivity contribution is 6.30. The van der Waals surface area contributed by atoms with Crippen LogP contribution in [0.3, 0.4) is 0 Å². The van der Waals surface area contributed by atoms with Gasteiger partial charge in [-0.3, -0.25) is 14.4 Å². The number of benzene rings is 4. The zero-order valence-corrected chi connectivity index (χ0v) is 29.4. The van der Waals surface area contributed by atoms with Gasteiger partial charge >= 0.3 is 0 Å². The van der Waals surface area contributed by atoms with Crippen LogP contribution in [-0.2, 0) is 40.3 Å². The lowest BCUT2D eigenvalue weighted by Crippen LogP contribution is -2.50. The smallest absolute Gasteiger partial charge is 0.264 e. The van der Waals surface area contributed by atoms with Gasteiger partial charge in [-0.2, -0.15) is 0 Å². The van der Waals surface area contributed by atoms with E-state index >= 15 is 0 Å². The normalized spacial score (nSPS) is 17.0. The van der Waals surface area contributed by atoms with Gasteiger partial charge in [0.2, 0.25) is 11.7 Å². The highest BCUT2D eigenvalue weighted by atomic mass is 35.5. The quantitative estimate of drug-likeness (QED) is 0.114. The lowest BCUT2D eigenvalue weighted by atomic mass is 9.87. The Morgan fingerprint density at radius 3 is 2.41 bits per heavy atom. The molecular weight excluding hydrogens is 664 g/mol. The summed E-state index contributed by atoms with van der Waals surface area (Å²) in [6.07, 6.45) is 1.38. The molecule has 2 heterocycles. The molecule has 6 rings (SSSR count). The van der Waals surface area contributed by atoms with E-state index < -0.39 is 18.0 Å². The molecule has 0 spiro atoms. The van der Waals surface area contributed by atoms with E-state index in [1.807, 2.05) is 78.9 Å². The lowest BCUT2D eigenvalue weighted by Gasteiger charge is -2.28. The summed E-state index contributed by atoms with van der Waals surface area (Å²) < 4.78 is 12.2. The van der Waals surface area contributed by atoms with Crippen molar-refractivity contribution in [2.75, 3.05) is 13.6 Å². The van der Waals surface area contributed by atoms with Crippen molar-refractivity contribution in [3.05, 3.63) is 136 Å². The number of Topliss-reactive ketones (excluding diaryl/α,β-unsaturated/α-hetero) is 2. The summed E-state index contributed by atoms with van der Waals surface area (Å²) in [6.45, 7) is 0.920. The Labute approximate surface area is 303 Å². The maximum atomic E-state index is 14.4. The number of amides is 1. The zero-order valence-electron chi connectivity index (χ0n) is 28.7. The van der Waals surface area contributed by atoms with Crippen molar-refractivity contribution in [2.45, 2.75) is 63.4 Å². The van der Waals surface area contributed by atoms with Crippen LogP contribution in [-0.4, -0.2) is 59.1 Å². The Hall–Kier alpha value is -4.67. The van der Waals surface area contributed by atoms with Crippen LogP contribution in [0.15, 0.2) is 108 Å². The maximum Gasteiger partial charge on any atom is 0.264 e. The zero-order chi connectivity index (χ0) is 35.7. The van der Waals surface area contributed by atoms with E-state index in [4.69, 9.17) is 26.5 Å². The van der Waals surface area contributed by atoms with Gasteiger partial charge in [-0.25, -0.2) is 4.98 Å². The van der Waals surface area contributed by atoms with E-state index in [9.17, 15) is 14.4 Å². The van der Waals surface area contributed by atoms with E-state index in [2.05, 4.69) is 10.3 Å². The Kier molecular flexibility index (Phi) is 12.1. The number of aromatic nitrogens is 1. The average Bonchev–Trinajstić information content (AvgIpc) is 3.80. The first-order chi connectivity index (χ1) is 24.8. The largest absolute Gasteiger partial charge is 0.434 e. The molecule has 0 bridgehead atoms. The molecule has 1 saturated heterocycles. The molecule has 1 aliphatic heterocycles. The number of ether oxygens (including phenoxy) is 1. The summed E-state index contributed by atoms with van der Waals surface area (Å²) in [5, 5.41) is 3.81. The Morgan fingerprint density at radius 1 is 0.941 bits per heavy atom. The van der Waals surface area contributed by atoms with Gasteiger partial charge in [0, 0.05) is 36.9 Å². The minimum Gasteiger partial charge on any atom is -0.434 e. The predicted octanol–water partition coefficient (Wildman–Crippen LogP) is 6.35. The van der Waals surface area contributed by atoms with Gasteiger partial charge in [0.1, 0.15) is 5.52 Å². The average molecular weight is 707 g/mol. The topological polar surface area (TPSA) is 128 Å². The standard InChI is InChI=1S/C41H43ClN4O5/c1-44-35(19-16-27-8-3-2-4-9-27)41(49)46-25-33(50-26-28-14-17-32(42)18-15-28)23-36(46)37(47)22-31(21-29-10-7-11-30(20-29)24-43)39(48)40-45-34-12-5-6-13-38(34)51-40/h2-15,17-18,20,31,33,35-36,44H,16,19,21-26,43H2,1H3/t31-,33-,35-,36+/m1/s1. The summed E-state index contributed by atoms with van der Waals surface area (Å²) >= 11 is 6.08. The SMILES string of the molecule is CN[C@H](CCc1ccccc1)C(=O)N1C[C@H](OCc2ccc(Cl)cc2)C[C@H]1C(=O)C[C@@H](Cc1cccc(CN)c1)C(=O)c1nc2ccccc2o1. The second-order valence-corrected chi connectivity index (χ2v) is 13.6. The molecule has 4 atom stereocenters. The highest BCUT2D eigenvalue weighted by Crippen LogP contribution is 2.29. The van der Waals surface area contributed by atoms with Crippen molar-refractivity contribution in [3.8, 4) is 0 Å². The molecule has 1 aromatic heterocycles. The van der Waals surface area contributed by atoms with Crippen molar-refractivity contribution in [2.24, 2.45) is 11.7 Å². The molecule has 1 aliphatic rings. The van der Waals surface area contributed by atoms with Crippen LogP contribution in [0.2, 0.25) is 5.02 Å². The molecule has 0 unspecified atom stereocenters. The van der Waals surface area contributed by atoms with Crippen molar-refractivity contribution >= 4 is 40.2 Å². The Bertz CT molecular complexity index is 1910. The molecule has 51 heavy (non-hydrogen) atoms. The van der Waals surface area contributed by atoms with Crippen LogP contribution >= 0.6 is 11.6 Å². The van der Waals surface area contributed by atoms with Gasteiger partial charge in [0.25, 0.3) is 5.89 Å². The van der Waals surface area contributed by atoms with Crippen LogP contribution in [0.5, 0.6) is 0 Å². The Balaban J connectivity index is 1.25. The number of para-hydroxylation sites is 2. The van der Waals surface area contributed by atoms with Gasteiger partial charge in [0.15, 0.2) is 11.4 Å². The van der Waals surface area contributed by atoms with Gasteiger partial charge in [-0.1, -0.05) is 90.5 Å². The monoisotopic (exact) mass is 706 g/mol. The molecule has 0 radical (unpaired) electrons. The van der Waals surface area contributed by atoms with Crippen LogP contribution in [0.4, 0.5) is 0 Å². The molecule has 3 N–H and O–H groups in total. The van der Waals surface area contributed by atoms with E-state index in [0.717, 1.165) is 22.3 Å². The van der Waals surface area contributed by atoms with Gasteiger partial charge in [-0.05, 0) is 72.8 Å². The molecule has 9 nitrogen and oxygen atoms in total. The lowest BCUT2D eigenvalue weighted by molar-refractivity contribution is -0.139. The fourth-order valence-corrected chi connectivity index (χ4v) is 6.89. The van der Waals surface area contributed by atoms with Crippen LogP contribution in [0.1, 0.15) is 52.2 Å². The van der Waals surface area contributed by atoms with Crippen molar-refractivity contribution in [1.29, 1.82) is 0 Å². The molecule has 1 amide bonds. The summed E-state index contributed by atoms with van der Waals surface area (Å²) in [5.41, 5.74) is 10.8. The van der Waals surface area contributed by atoms with Gasteiger partial charge in [0.05, 0.1) is 24.8 Å². The molecule has 4 aromatic carbocycles. The van der Waals surface area contributed by atoms with E-state index in [1.54, 1.807) is 36.2 Å². The van der Waals surface area contributed by atoms with Crippen LogP contribution < -0.4 is 11.1 Å². The predicted molar refractivity (Wildman–Crippen MR) is 197 cm³/mol. The fraction of sp³-hybridized carbons (Fsp3) is 0.317. The number of nitrogens with zero attached hydrogens (tertiary/aromatic N) is 2. The van der Waals surface area contributed by atoms with Crippen LogP contribution in [0.25, 0.3) is 11.1 Å². The van der Waals surface area contributed by atoms with Crippen molar-refractivity contribution < 1.29 is 23.5 Å². The Morgan fingerprint density at radius 2 is 1.67 bits per heavy atom. The highest BCUT2D eigenvalue weighted by Gasteiger charge is 2.43. The summed E-state index contributed by atoms with van der Waals surface area (Å²) in [7, 11) is 1.76. The third kappa shape index (κ3) is 9.17. The summed E-state index contributed by atoms with van der Waals surface area (Å²) in [5.74, 6) is -1.54. The number of carbonyl (C=O) groups is 3.